The molecule has 2 aliphatic rings. The van der Waals surface area contributed by atoms with Crippen molar-refractivity contribution in [2.45, 2.75) is 236 Å². The highest BCUT2D eigenvalue weighted by molar-refractivity contribution is 5.78. The number of aliphatic hydroxyl groups excluding tert-OH is 6. The lowest BCUT2D eigenvalue weighted by Crippen LogP contribution is -2.64. The van der Waals surface area contributed by atoms with Crippen LogP contribution >= 0.6 is 0 Å². The number of nitrogens with two attached hydrogens (primary N) is 1. The Labute approximate surface area is 523 Å². The van der Waals surface area contributed by atoms with Gasteiger partial charge in [-0.2, -0.15) is 0 Å². The van der Waals surface area contributed by atoms with Gasteiger partial charge in [0.1, 0.15) is 48.7 Å². The zero-order chi connectivity index (χ0) is 66.2. The number of hydrogen-bond acceptors (Lipinski definition) is 22. The van der Waals surface area contributed by atoms with E-state index in [2.05, 4.69) is 49.5 Å². The Morgan fingerprint density at radius 3 is 1.30 bits per heavy atom. The van der Waals surface area contributed by atoms with E-state index in [9.17, 15) is 69.0 Å². The van der Waals surface area contributed by atoms with Crippen LogP contribution in [-0.2, 0) is 71.5 Å². The Balaban J connectivity index is 1.77. The van der Waals surface area contributed by atoms with Crippen LogP contribution in [0.1, 0.15) is 157 Å². The van der Waals surface area contributed by atoms with E-state index in [0.717, 1.165) is 19.3 Å². The molecule has 0 aliphatic carbocycles. The van der Waals surface area contributed by atoms with Crippen molar-refractivity contribution in [3.05, 3.63) is 0 Å². The molecule has 2 heterocycles. The molecule has 0 spiro atoms. The third-order valence-electron chi connectivity index (χ3n) is 14.7. The van der Waals surface area contributed by atoms with Crippen LogP contribution in [-0.4, -0.2) is 249 Å². The molecule has 30 heteroatoms. The van der Waals surface area contributed by atoms with Gasteiger partial charge in [0.15, 0.2) is 12.6 Å². The first kappa shape index (κ1) is 80.3. The second-order valence-electron chi connectivity index (χ2n) is 23.5. The number of hydrogen-bond donors (Lipinski definition) is 15. The first-order chi connectivity index (χ1) is 42.3. The molecule has 0 saturated carbocycles. The van der Waals surface area contributed by atoms with Crippen molar-refractivity contribution in [2.24, 2.45) is 5.73 Å². The van der Waals surface area contributed by atoms with Crippen molar-refractivity contribution in [1.29, 1.82) is 0 Å². The minimum Gasteiger partial charge on any atom is -0.394 e. The Morgan fingerprint density at radius 2 is 0.899 bits per heavy atom. The molecule has 16 N–H and O–H groups in total. The fourth-order valence-corrected chi connectivity index (χ4v) is 9.21. The van der Waals surface area contributed by atoms with Gasteiger partial charge in [-0.05, 0) is 85.0 Å². The van der Waals surface area contributed by atoms with E-state index >= 15 is 0 Å². The smallest absolute Gasteiger partial charge is 0.222 e. The molecule has 516 valence electrons. The summed E-state index contributed by atoms with van der Waals surface area (Å²) < 4.78 is 40.8. The Bertz CT molecular complexity index is 2070. The zero-order valence-electron chi connectivity index (χ0n) is 53.4. The minimum absolute atomic E-state index is 0.00528. The first-order valence-corrected chi connectivity index (χ1v) is 31.6. The Hall–Kier alpha value is -4.80. The van der Waals surface area contributed by atoms with Gasteiger partial charge in [-0.15, -0.1) is 0 Å². The molecule has 2 saturated heterocycles. The summed E-state index contributed by atoms with van der Waals surface area (Å²) in [5.74, 6) is -1.98. The number of carbonyl (C=O) groups excluding carboxylic acids is 8. The van der Waals surface area contributed by atoms with E-state index in [1.54, 1.807) is 0 Å². The maximum Gasteiger partial charge on any atom is 0.222 e. The van der Waals surface area contributed by atoms with E-state index in [1.807, 2.05) is 20.8 Å². The molecule has 12 atom stereocenters. The standard InChI is InChI=1S/C59H109N9O21/c1-7-8-9-17-44(73)61-25-14-28-64-47(76)21-20-39(2)86-37-59(60,36-83-33-23-49(78)66-30-16-27-63-46(75)19-11-13-32-85-57-51(68-41(4)72)55(82)53(80)43(35-70)89-57)38-87-58(5,6)24-22-48(77)65-29-15-26-62-45(74)18-10-12-31-84-56-50(67-40(3)71)54(81)52(79)42(34-69)88-56/h39,42-43,50-57,69-70,79-82H,7-38,60H2,1-6H3,(H,61,73)(H,62,74)(H,63,75)(H,64,76)(H,65,77)(H,66,78)(H,67,71)(H,68,72)/t39?,42?,43?,50?,51?,52-,53-,54?,55?,56+,57+,59?/m0/s1. The van der Waals surface area contributed by atoms with Gasteiger partial charge in [-0.1, -0.05) is 19.8 Å². The lowest BCUT2D eigenvalue weighted by atomic mass is 9.97. The molecule has 89 heavy (non-hydrogen) atoms. The van der Waals surface area contributed by atoms with Gasteiger partial charge in [0, 0.05) is 105 Å². The van der Waals surface area contributed by atoms with E-state index in [-0.39, 0.29) is 113 Å². The summed E-state index contributed by atoms with van der Waals surface area (Å²) >= 11 is 0. The van der Waals surface area contributed by atoms with Gasteiger partial charge in [-0.3, -0.25) is 38.4 Å². The number of unbranched alkanes of at least 4 members (excludes halogenated alkanes) is 4. The summed E-state index contributed by atoms with van der Waals surface area (Å²) in [6.07, 6.45) is -2.37. The summed E-state index contributed by atoms with van der Waals surface area (Å²) in [5, 5.41) is 82.3. The van der Waals surface area contributed by atoms with Gasteiger partial charge in [0.05, 0.1) is 56.9 Å². The lowest BCUT2D eigenvalue weighted by molar-refractivity contribution is -0.270. The number of amides is 8. The average molecular weight is 1280 g/mol. The van der Waals surface area contributed by atoms with E-state index in [4.69, 9.17) is 38.9 Å². The summed E-state index contributed by atoms with van der Waals surface area (Å²) in [6, 6.07) is -2.11. The molecular weight excluding hydrogens is 1170 g/mol. The third-order valence-corrected chi connectivity index (χ3v) is 14.7. The number of nitrogens with one attached hydrogen (secondary N) is 8. The van der Waals surface area contributed by atoms with Crippen LogP contribution in [0.2, 0.25) is 0 Å². The summed E-state index contributed by atoms with van der Waals surface area (Å²) in [7, 11) is 0. The quantitative estimate of drug-likeness (QED) is 0.0281. The SMILES string of the molecule is CCCCCC(=O)NCCCNC(=O)CCC(C)OCC(N)(COCCC(=O)NCCCNC(=O)CCCCO[C@@H]1OC(CO)[C@H](O)C(O)C1NC(C)=O)COC(C)(C)CCC(=O)NCCCNC(=O)CCCCO[C@@H]1OC(CO)[C@H](O)C(O)C1NC(C)=O. The van der Waals surface area contributed by atoms with E-state index in [0.29, 0.717) is 103 Å². The monoisotopic (exact) mass is 1280 g/mol. The molecule has 0 bridgehead atoms. The highest BCUT2D eigenvalue weighted by atomic mass is 16.7. The molecule has 0 aromatic carbocycles. The maximum absolute atomic E-state index is 12.9. The molecule has 0 radical (unpaired) electrons. The van der Waals surface area contributed by atoms with E-state index < -0.39 is 97.5 Å². The van der Waals surface area contributed by atoms with Gasteiger partial charge in [0.25, 0.3) is 0 Å². The topological polar surface area (TPSA) is 445 Å². The van der Waals surface area contributed by atoms with Gasteiger partial charge < -0.3 is 112 Å². The number of ether oxygens (including phenoxy) is 7. The fraction of sp³-hybridized carbons (Fsp3) is 0.864. The van der Waals surface area contributed by atoms with Crippen molar-refractivity contribution in [3.8, 4) is 0 Å². The molecule has 30 nitrogen and oxygen atoms in total. The lowest BCUT2D eigenvalue weighted by Gasteiger charge is -2.42. The van der Waals surface area contributed by atoms with Crippen LogP contribution in [0.5, 0.6) is 0 Å². The normalized spacial score (nSPS) is 22.8. The van der Waals surface area contributed by atoms with Crippen LogP contribution in [0.4, 0.5) is 0 Å². The summed E-state index contributed by atoms with van der Waals surface area (Å²) in [5.41, 5.74) is 4.85. The third kappa shape index (κ3) is 35.6. The van der Waals surface area contributed by atoms with Crippen LogP contribution in [0.3, 0.4) is 0 Å². The molecule has 2 rings (SSSR count). The van der Waals surface area contributed by atoms with Crippen molar-refractivity contribution < 1.29 is 102 Å². The summed E-state index contributed by atoms with van der Waals surface area (Å²) in [6.45, 7) is 11.2. The second-order valence-corrected chi connectivity index (χ2v) is 23.5. The Kier molecular flexibility index (Phi) is 41.0. The van der Waals surface area contributed by atoms with Crippen LogP contribution in [0, 0.1) is 0 Å². The maximum atomic E-state index is 12.9. The van der Waals surface area contributed by atoms with Crippen LogP contribution in [0.25, 0.3) is 0 Å². The van der Waals surface area contributed by atoms with Crippen molar-refractivity contribution in [2.75, 3.05) is 92.1 Å². The van der Waals surface area contributed by atoms with E-state index in [1.165, 1.54) is 13.8 Å². The highest BCUT2D eigenvalue weighted by Crippen LogP contribution is 2.25. The van der Waals surface area contributed by atoms with Crippen LogP contribution < -0.4 is 48.3 Å². The fourth-order valence-electron chi connectivity index (χ4n) is 9.21. The predicted molar refractivity (Wildman–Crippen MR) is 323 cm³/mol. The van der Waals surface area contributed by atoms with Crippen molar-refractivity contribution in [1.82, 2.24) is 42.5 Å². The molecule has 8 amide bonds. The number of aliphatic hydroxyl groups is 6. The van der Waals surface area contributed by atoms with Gasteiger partial charge >= 0.3 is 0 Å². The summed E-state index contributed by atoms with van der Waals surface area (Å²) in [4.78, 5) is 98.4. The molecule has 2 aliphatic heterocycles. The van der Waals surface area contributed by atoms with Crippen molar-refractivity contribution >= 4 is 47.3 Å². The highest BCUT2D eigenvalue weighted by Gasteiger charge is 2.46. The second kappa shape index (κ2) is 45.5. The number of carbonyl (C=O) groups is 8. The van der Waals surface area contributed by atoms with Gasteiger partial charge in [-0.25, -0.2) is 0 Å². The molecule has 8 unspecified atom stereocenters. The predicted octanol–water partition coefficient (Wildman–Crippen LogP) is -2.44. The van der Waals surface area contributed by atoms with Crippen LogP contribution in [0.15, 0.2) is 0 Å². The molecule has 0 aromatic rings. The first-order valence-electron chi connectivity index (χ1n) is 31.6. The number of rotatable bonds is 49. The minimum atomic E-state index is -1.43. The van der Waals surface area contributed by atoms with Crippen molar-refractivity contribution in [3.63, 3.8) is 0 Å². The molecule has 0 aromatic heterocycles. The van der Waals surface area contributed by atoms with Gasteiger partial charge in [0.2, 0.25) is 47.3 Å². The molecule has 2 fully saturated rings. The zero-order valence-corrected chi connectivity index (χ0v) is 53.4. The molecular formula is C59H109N9O21. The largest absolute Gasteiger partial charge is 0.394 e. The Morgan fingerprint density at radius 1 is 0.506 bits per heavy atom. The average Bonchev–Trinajstić information content (AvgIpc) is 2.04.